The largest absolute Gasteiger partial charge is 0.345 e. The zero-order valence-corrected chi connectivity index (χ0v) is 11.0. The van der Waals surface area contributed by atoms with Crippen LogP contribution in [0.5, 0.6) is 0 Å². The van der Waals surface area contributed by atoms with E-state index in [4.69, 9.17) is 0 Å². The first-order chi connectivity index (χ1) is 8.72. The molecule has 0 aliphatic carbocycles. The lowest BCUT2D eigenvalue weighted by molar-refractivity contribution is -0.118. The molecule has 0 unspecified atom stereocenters. The van der Waals surface area contributed by atoms with E-state index in [1.807, 2.05) is 6.92 Å². The Balaban J connectivity index is 2.01. The molecule has 1 aliphatic heterocycles. The highest BCUT2D eigenvalue weighted by Crippen LogP contribution is 2.10. The average molecular weight is 251 g/mol. The molecule has 18 heavy (non-hydrogen) atoms. The van der Waals surface area contributed by atoms with E-state index in [2.05, 4.69) is 5.10 Å². The van der Waals surface area contributed by atoms with Gasteiger partial charge >= 0.3 is 5.69 Å². The van der Waals surface area contributed by atoms with Gasteiger partial charge in [0.1, 0.15) is 11.6 Å². The van der Waals surface area contributed by atoms with Gasteiger partial charge in [-0.05, 0) is 19.3 Å². The third-order valence-corrected chi connectivity index (χ3v) is 3.50. The van der Waals surface area contributed by atoms with Crippen LogP contribution in [0, 0.1) is 0 Å². The van der Waals surface area contributed by atoms with E-state index in [0.717, 1.165) is 31.6 Å². The number of nitrogens with zero attached hydrogens (tertiary/aromatic N) is 3. The van der Waals surface area contributed by atoms with Crippen molar-refractivity contribution < 1.29 is 4.79 Å². The van der Waals surface area contributed by atoms with Crippen molar-refractivity contribution >= 4 is 5.78 Å². The monoisotopic (exact) mass is 251 g/mol. The predicted molar refractivity (Wildman–Crippen MR) is 68.6 cm³/mol. The molecule has 2 heterocycles. The highest BCUT2D eigenvalue weighted by Gasteiger charge is 2.15. The Labute approximate surface area is 107 Å². The molecule has 0 radical (unpaired) electrons. The number of aryl methyl sites for hydroxylation is 2. The van der Waals surface area contributed by atoms with Crippen LogP contribution in [0.1, 0.15) is 51.3 Å². The molecule has 0 amide bonds. The molecule has 2 rings (SSSR count). The van der Waals surface area contributed by atoms with Crippen LogP contribution in [-0.4, -0.2) is 20.1 Å². The standard InChI is InChI=1S/C13H21N3O2/c1-2-11(17)7-6-10-16-13(18)15-9-5-3-4-8-12(15)14-16/h2-10H2,1H3. The van der Waals surface area contributed by atoms with Gasteiger partial charge < -0.3 is 0 Å². The Morgan fingerprint density at radius 2 is 2.17 bits per heavy atom. The lowest BCUT2D eigenvalue weighted by atomic mass is 10.2. The smallest absolute Gasteiger partial charge is 0.300 e. The molecular formula is C13H21N3O2. The van der Waals surface area contributed by atoms with E-state index in [-0.39, 0.29) is 11.5 Å². The number of carbonyl (C=O) groups is 1. The molecule has 0 N–H and O–H groups in total. The Hall–Kier alpha value is -1.39. The van der Waals surface area contributed by atoms with Crippen molar-refractivity contribution in [2.75, 3.05) is 0 Å². The molecule has 0 fully saturated rings. The van der Waals surface area contributed by atoms with E-state index >= 15 is 0 Å². The normalized spacial score (nSPS) is 15.2. The van der Waals surface area contributed by atoms with E-state index in [0.29, 0.717) is 25.8 Å². The Morgan fingerprint density at radius 3 is 2.94 bits per heavy atom. The zero-order valence-electron chi connectivity index (χ0n) is 11.0. The van der Waals surface area contributed by atoms with Gasteiger partial charge in [0.05, 0.1) is 0 Å². The number of hydrogen-bond donors (Lipinski definition) is 0. The lowest BCUT2D eigenvalue weighted by Crippen LogP contribution is -2.25. The first-order valence-corrected chi connectivity index (χ1v) is 6.90. The van der Waals surface area contributed by atoms with E-state index in [1.54, 1.807) is 4.57 Å². The van der Waals surface area contributed by atoms with Crippen molar-refractivity contribution in [2.24, 2.45) is 0 Å². The maximum atomic E-state index is 12.1. The van der Waals surface area contributed by atoms with Crippen LogP contribution < -0.4 is 5.69 Å². The van der Waals surface area contributed by atoms with Crippen molar-refractivity contribution in [3.8, 4) is 0 Å². The molecule has 0 bridgehead atoms. The van der Waals surface area contributed by atoms with Crippen LogP contribution in [0.2, 0.25) is 0 Å². The minimum absolute atomic E-state index is 0.00384. The molecule has 1 aliphatic rings. The van der Waals surface area contributed by atoms with Gasteiger partial charge in [0.2, 0.25) is 0 Å². The Morgan fingerprint density at radius 1 is 1.33 bits per heavy atom. The number of hydrogen-bond acceptors (Lipinski definition) is 3. The first kappa shape index (κ1) is 13.1. The van der Waals surface area contributed by atoms with Crippen LogP contribution in [0.4, 0.5) is 0 Å². The third-order valence-electron chi connectivity index (χ3n) is 3.50. The number of ketones is 1. The maximum Gasteiger partial charge on any atom is 0.345 e. The quantitative estimate of drug-likeness (QED) is 0.797. The average Bonchev–Trinajstić information content (AvgIpc) is 2.57. The summed E-state index contributed by atoms with van der Waals surface area (Å²) in [6.45, 7) is 3.22. The fourth-order valence-electron chi connectivity index (χ4n) is 2.37. The second-order valence-corrected chi connectivity index (χ2v) is 4.88. The molecule has 0 atom stereocenters. The van der Waals surface area contributed by atoms with Crippen LogP contribution in [0.15, 0.2) is 4.79 Å². The van der Waals surface area contributed by atoms with Crippen molar-refractivity contribution in [1.29, 1.82) is 0 Å². The maximum absolute atomic E-state index is 12.1. The number of rotatable bonds is 5. The summed E-state index contributed by atoms with van der Waals surface area (Å²) in [5, 5.41) is 4.39. The SMILES string of the molecule is CCC(=O)CCCn1nc2n(c1=O)CCCCC2. The van der Waals surface area contributed by atoms with Crippen molar-refractivity contribution in [1.82, 2.24) is 14.3 Å². The van der Waals surface area contributed by atoms with Gasteiger partial charge in [-0.15, -0.1) is 0 Å². The molecule has 0 aromatic carbocycles. The highest BCUT2D eigenvalue weighted by atomic mass is 16.2. The molecule has 5 heteroatoms. The van der Waals surface area contributed by atoms with Gasteiger partial charge in [0, 0.05) is 32.4 Å². The molecule has 5 nitrogen and oxygen atoms in total. The fourth-order valence-corrected chi connectivity index (χ4v) is 2.37. The van der Waals surface area contributed by atoms with Crippen molar-refractivity contribution in [2.45, 2.75) is 65.0 Å². The summed E-state index contributed by atoms with van der Waals surface area (Å²) in [5.74, 6) is 1.17. The second-order valence-electron chi connectivity index (χ2n) is 4.88. The Kier molecular flexibility index (Phi) is 4.33. The highest BCUT2D eigenvalue weighted by molar-refractivity contribution is 5.77. The molecule has 1 aromatic rings. The fraction of sp³-hybridized carbons (Fsp3) is 0.769. The van der Waals surface area contributed by atoms with Crippen molar-refractivity contribution in [3.63, 3.8) is 0 Å². The number of carbonyl (C=O) groups excluding carboxylic acids is 1. The molecule has 1 aromatic heterocycles. The minimum Gasteiger partial charge on any atom is -0.300 e. The number of Topliss-reactive ketones (excluding diaryl/α,β-unsaturated/α-hetero) is 1. The summed E-state index contributed by atoms with van der Waals surface area (Å²) in [6, 6.07) is 0. The van der Waals surface area contributed by atoms with Gasteiger partial charge in [0.25, 0.3) is 0 Å². The number of fused-ring (bicyclic) bond motifs is 1. The third kappa shape index (κ3) is 2.89. The zero-order chi connectivity index (χ0) is 13.0. The summed E-state index contributed by atoms with van der Waals surface area (Å²) < 4.78 is 3.33. The number of aromatic nitrogens is 3. The van der Waals surface area contributed by atoms with Gasteiger partial charge in [-0.3, -0.25) is 9.36 Å². The first-order valence-electron chi connectivity index (χ1n) is 6.90. The van der Waals surface area contributed by atoms with E-state index in [1.165, 1.54) is 11.1 Å². The van der Waals surface area contributed by atoms with Crippen LogP contribution in [-0.2, 0) is 24.3 Å². The lowest BCUT2D eigenvalue weighted by Gasteiger charge is -1.99. The second kappa shape index (κ2) is 5.98. The van der Waals surface area contributed by atoms with Crippen LogP contribution in [0.3, 0.4) is 0 Å². The minimum atomic E-state index is -0.00384. The summed E-state index contributed by atoms with van der Waals surface area (Å²) in [5.41, 5.74) is -0.00384. The topological polar surface area (TPSA) is 56.9 Å². The molecule has 100 valence electrons. The molecule has 0 spiro atoms. The van der Waals surface area contributed by atoms with Crippen LogP contribution >= 0.6 is 0 Å². The van der Waals surface area contributed by atoms with Gasteiger partial charge in [-0.25, -0.2) is 9.48 Å². The summed E-state index contributed by atoms with van der Waals surface area (Å²) in [6.07, 6.45) is 6.09. The van der Waals surface area contributed by atoms with Gasteiger partial charge in [-0.1, -0.05) is 13.3 Å². The Bertz CT molecular complexity index is 473. The van der Waals surface area contributed by atoms with E-state index in [9.17, 15) is 9.59 Å². The van der Waals surface area contributed by atoms with Gasteiger partial charge in [-0.2, -0.15) is 5.10 Å². The van der Waals surface area contributed by atoms with Gasteiger partial charge in [0.15, 0.2) is 0 Å². The van der Waals surface area contributed by atoms with Crippen molar-refractivity contribution in [3.05, 3.63) is 16.3 Å². The van der Waals surface area contributed by atoms with E-state index < -0.39 is 0 Å². The summed E-state index contributed by atoms with van der Waals surface area (Å²) in [7, 11) is 0. The summed E-state index contributed by atoms with van der Waals surface area (Å²) >= 11 is 0. The molecule has 0 saturated carbocycles. The predicted octanol–water partition coefficient (Wildman–Crippen LogP) is 1.53. The summed E-state index contributed by atoms with van der Waals surface area (Å²) in [4.78, 5) is 23.3. The van der Waals surface area contributed by atoms with Crippen LogP contribution in [0.25, 0.3) is 0 Å². The molecular weight excluding hydrogens is 230 g/mol. The molecule has 0 saturated heterocycles.